The maximum atomic E-state index is 13.5. The number of hydrogen-bond donors (Lipinski definition) is 0. The molecule has 4 amide bonds. The van der Waals surface area contributed by atoms with Crippen LogP contribution in [-0.2, 0) is 4.79 Å². The van der Waals surface area contributed by atoms with Gasteiger partial charge in [-0.15, -0.1) is 0 Å². The topological polar surface area (TPSA) is 77.3 Å². The van der Waals surface area contributed by atoms with Crippen LogP contribution >= 0.6 is 0 Å². The Kier molecular flexibility index (Phi) is 5.39. The van der Waals surface area contributed by atoms with E-state index in [1.807, 2.05) is 0 Å². The number of furan rings is 1. The Morgan fingerprint density at radius 3 is 2.33 bits per heavy atom. The first kappa shape index (κ1) is 19.9. The summed E-state index contributed by atoms with van der Waals surface area (Å²) in [7, 11) is 0. The van der Waals surface area contributed by atoms with E-state index in [4.69, 9.17) is 4.42 Å². The molecule has 0 aliphatic carbocycles. The van der Waals surface area contributed by atoms with Gasteiger partial charge in [0, 0.05) is 51.0 Å². The molecule has 3 heterocycles. The molecule has 1 aromatic carbocycles. The quantitative estimate of drug-likeness (QED) is 0.759. The molecule has 1 aromatic heterocycles. The van der Waals surface area contributed by atoms with Gasteiger partial charge in [-0.25, -0.2) is 13.6 Å². The normalized spacial score (nSPS) is 17.1. The SMILES string of the molecule is O=C(CN1CCN(c2ccc(F)c(F)c2)C1=O)N1CCN(C(=O)c2ccco2)CC1. The number of urea groups is 1. The van der Waals surface area contributed by atoms with Gasteiger partial charge in [0.1, 0.15) is 6.54 Å². The van der Waals surface area contributed by atoms with E-state index >= 15 is 0 Å². The minimum atomic E-state index is -1.03. The first-order valence-corrected chi connectivity index (χ1v) is 9.56. The van der Waals surface area contributed by atoms with E-state index in [1.165, 1.54) is 22.1 Å². The van der Waals surface area contributed by atoms with Crippen LogP contribution in [0.4, 0.5) is 19.3 Å². The Labute approximate surface area is 171 Å². The third-order valence-electron chi connectivity index (χ3n) is 5.29. The molecule has 8 nitrogen and oxygen atoms in total. The lowest BCUT2D eigenvalue weighted by molar-refractivity contribution is -0.133. The summed E-state index contributed by atoms with van der Waals surface area (Å²) < 4.78 is 31.7. The third kappa shape index (κ3) is 3.85. The second-order valence-electron chi connectivity index (χ2n) is 7.10. The summed E-state index contributed by atoms with van der Waals surface area (Å²) in [6.45, 7) is 1.95. The summed E-state index contributed by atoms with van der Waals surface area (Å²) in [5, 5.41) is 0. The summed E-state index contributed by atoms with van der Waals surface area (Å²) >= 11 is 0. The fourth-order valence-corrected chi connectivity index (χ4v) is 3.60. The number of carbonyl (C=O) groups is 3. The highest BCUT2D eigenvalue weighted by Gasteiger charge is 2.33. The van der Waals surface area contributed by atoms with Crippen LogP contribution in [0.15, 0.2) is 41.0 Å². The number of anilines is 1. The lowest BCUT2D eigenvalue weighted by Crippen LogP contribution is -2.52. The van der Waals surface area contributed by atoms with Crippen LogP contribution in [0, 0.1) is 11.6 Å². The Morgan fingerprint density at radius 1 is 0.933 bits per heavy atom. The molecule has 2 saturated heterocycles. The molecule has 158 valence electrons. The van der Waals surface area contributed by atoms with E-state index in [0.717, 1.165) is 12.1 Å². The molecule has 2 aromatic rings. The monoisotopic (exact) mass is 418 g/mol. The van der Waals surface area contributed by atoms with Gasteiger partial charge in [-0.1, -0.05) is 0 Å². The van der Waals surface area contributed by atoms with Gasteiger partial charge in [-0.3, -0.25) is 14.5 Å². The molecule has 2 fully saturated rings. The van der Waals surface area contributed by atoms with Crippen LogP contribution < -0.4 is 4.90 Å². The van der Waals surface area contributed by atoms with Gasteiger partial charge in [-0.2, -0.15) is 0 Å². The van der Waals surface area contributed by atoms with E-state index in [0.29, 0.717) is 32.7 Å². The van der Waals surface area contributed by atoms with E-state index in [2.05, 4.69) is 0 Å². The van der Waals surface area contributed by atoms with Crippen molar-refractivity contribution in [2.24, 2.45) is 0 Å². The van der Waals surface area contributed by atoms with Gasteiger partial charge in [0.05, 0.1) is 6.26 Å². The van der Waals surface area contributed by atoms with Crippen molar-refractivity contribution in [1.29, 1.82) is 0 Å². The number of benzene rings is 1. The molecule has 2 aliphatic heterocycles. The first-order chi connectivity index (χ1) is 14.4. The van der Waals surface area contributed by atoms with Crippen LogP contribution in [0.25, 0.3) is 0 Å². The molecule has 0 unspecified atom stereocenters. The van der Waals surface area contributed by atoms with Crippen LogP contribution in [0.3, 0.4) is 0 Å². The van der Waals surface area contributed by atoms with Gasteiger partial charge in [0.15, 0.2) is 17.4 Å². The number of amides is 4. The highest BCUT2D eigenvalue weighted by molar-refractivity contribution is 5.96. The number of hydrogen-bond acceptors (Lipinski definition) is 4. The van der Waals surface area contributed by atoms with Crippen molar-refractivity contribution in [3.63, 3.8) is 0 Å². The van der Waals surface area contributed by atoms with Crippen molar-refractivity contribution >= 4 is 23.5 Å². The molecule has 0 spiro atoms. The molecule has 0 radical (unpaired) electrons. The van der Waals surface area contributed by atoms with Crippen LogP contribution in [-0.4, -0.2) is 78.4 Å². The van der Waals surface area contributed by atoms with Crippen LogP contribution in [0.1, 0.15) is 10.6 Å². The van der Waals surface area contributed by atoms with Gasteiger partial charge < -0.3 is 19.1 Å². The molecule has 0 saturated carbocycles. The van der Waals surface area contributed by atoms with E-state index < -0.39 is 17.7 Å². The zero-order valence-corrected chi connectivity index (χ0v) is 16.1. The minimum Gasteiger partial charge on any atom is -0.459 e. The van der Waals surface area contributed by atoms with Crippen molar-refractivity contribution in [2.45, 2.75) is 0 Å². The smallest absolute Gasteiger partial charge is 0.325 e. The standard InChI is InChI=1S/C20H20F2N4O4/c21-15-4-3-14(12-16(15)22)26-10-9-25(20(26)29)13-18(27)23-5-7-24(8-6-23)19(28)17-2-1-11-30-17/h1-4,11-12H,5-10,13H2. The zero-order valence-electron chi connectivity index (χ0n) is 16.1. The molecule has 0 bridgehead atoms. The largest absolute Gasteiger partial charge is 0.459 e. The van der Waals surface area contributed by atoms with Gasteiger partial charge in [-0.05, 0) is 24.3 Å². The second kappa shape index (κ2) is 8.13. The Hall–Kier alpha value is -3.43. The molecule has 2 aliphatic rings. The van der Waals surface area contributed by atoms with Gasteiger partial charge >= 0.3 is 6.03 Å². The maximum Gasteiger partial charge on any atom is 0.325 e. The highest BCUT2D eigenvalue weighted by Crippen LogP contribution is 2.22. The third-order valence-corrected chi connectivity index (χ3v) is 5.29. The maximum absolute atomic E-state index is 13.5. The molecule has 0 atom stereocenters. The van der Waals surface area contributed by atoms with Crippen molar-refractivity contribution in [3.05, 3.63) is 54.0 Å². The number of piperazine rings is 1. The van der Waals surface area contributed by atoms with Gasteiger partial charge in [0.2, 0.25) is 5.91 Å². The number of carbonyl (C=O) groups excluding carboxylic acids is 3. The van der Waals surface area contributed by atoms with E-state index in [9.17, 15) is 23.2 Å². The lowest BCUT2D eigenvalue weighted by Gasteiger charge is -2.35. The molecule has 0 N–H and O–H groups in total. The van der Waals surface area contributed by atoms with Crippen molar-refractivity contribution < 1.29 is 27.6 Å². The molecular formula is C20H20F2N4O4. The molecule has 30 heavy (non-hydrogen) atoms. The zero-order chi connectivity index (χ0) is 21.3. The summed E-state index contributed by atoms with van der Waals surface area (Å²) in [5.41, 5.74) is 0.249. The lowest BCUT2D eigenvalue weighted by atomic mass is 10.2. The Morgan fingerprint density at radius 2 is 1.67 bits per heavy atom. The van der Waals surface area contributed by atoms with Crippen molar-refractivity contribution in [3.8, 4) is 0 Å². The summed E-state index contributed by atoms with van der Waals surface area (Å²) in [4.78, 5) is 43.4. The van der Waals surface area contributed by atoms with E-state index in [-0.39, 0.29) is 36.4 Å². The average molecular weight is 418 g/mol. The molecule has 10 heteroatoms. The predicted molar refractivity (Wildman–Crippen MR) is 102 cm³/mol. The summed E-state index contributed by atoms with van der Waals surface area (Å²) in [6.07, 6.45) is 1.43. The number of halogens is 2. The first-order valence-electron chi connectivity index (χ1n) is 9.56. The van der Waals surface area contributed by atoms with Gasteiger partial charge in [0.25, 0.3) is 5.91 Å². The molecule has 4 rings (SSSR count). The van der Waals surface area contributed by atoms with Crippen LogP contribution in [0.2, 0.25) is 0 Å². The minimum absolute atomic E-state index is 0.106. The Bertz CT molecular complexity index is 958. The fourth-order valence-electron chi connectivity index (χ4n) is 3.60. The van der Waals surface area contributed by atoms with E-state index in [1.54, 1.807) is 21.9 Å². The summed E-state index contributed by atoms with van der Waals surface area (Å²) in [5.74, 6) is -2.20. The fraction of sp³-hybridized carbons (Fsp3) is 0.350. The second-order valence-corrected chi connectivity index (χ2v) is 7.10. The molecular weight excluding hydrogens is 398 g/mol. The number of nitrogens with zero attached hydrogens (tertiary/aromatic N) is 4. The number of rotatable bonds is 4. The van der Waals surface area contributed by atoms with Crippen molar-refractivity contribution in [1.82, 2.24) is 14.7 Å². The van der Waals surface area contributed by atoms with Crippen molar-refractivity contribution in [2.75, 3.05) is 50.7 Å². The summed E-state index contributed by atoms with van der Waals surface area (Å²) in [6, 6.07) is 6.07. The highest BCUT2D eigenvalue weighted by atomic mass is 19.2. The van der Waals surface area contributed by atoms with Crippen LogP contribution in [0.5, 0.6) is 0 Å². The average Bonchev–Trinajstić information content (AvgIpc) is 3.41. The predicted octanol–water partition coefficient (Wildman–Crippen LogP) is 1.78. The Balaban J connectivity index is 1.31.